The zero-order valence-electron chi connectivity index (χ0n) is 18.8. The number of carbonyl (C=O) groups is 2. The molecule has 0 bridgehead atoms. The number of hydrogen-bond donors (Lipinski definition) is 0. The van der Waals surface area contributed by atoms with Crippen LogP contribution in [0, 0.1) is 10.8 Å². The quantitative estimate of drug-likeness (QED) is 0.685. The van der Waals surface area contributed by atoms with Gasteiger partial charge in [0.2, 0.25) is 5.91 Å². The minimum absolute atomic E-state index is 0.0250. The average molecular weight is 422 g/mol. The molecule has 2 saturated heterocycles. The predicted octanol–water partition coefficient (Wildman–Crippen LogP) is 4.00. The van der Waals surface area contributed by atoms with E-state index >= 15 is 0 Å². The van der Waals surface area contributed by atoms with Gasteiger partial charge in [-0.25, -0.2) is 4.79 Å². The van der Waals surface area contributed by atoms with Crippen molar-refractivity contribution in [3.05, 3.63) is 71.8 Å². The van der Waals surface area contributed by atoms with Crippen LogP contribution < -0.4 is 0 Å². The van der Waals surface area contributed by atoms with Crippen LogP contribution in [0.5, 0.6) is 0 Å². The number of esters is 1. The lowest BCUT2D eigenvalue weighted by molar-refractivity contribution is -0.159. The first-order valence-electron chi connectivity index (χ1n) is 10.8. The second-order valence-electron chi connectivity index (χ2n) is 10.0. The highest BCUT2D eigenvalue weighted by molar-refractivity contribution is 5.96. The van der Waals surface area contributed by atoms with Gasteiger partial charge >= 0.3 is 5.97 Å². The van der Waals surface area contributed by atoms with Gasteiger partial charge in [0.05, 0.1) is 19.1 Å². The molecule has 5 nitrogen and oxygen atoms in total. The van der Waals surface area contributed by atoms with Crippen molar-refractivity contribution in [1.29, 1.82) is 0 Å². The van der Waals surface area contributed by atoms with Crippen LogP contribution in [0.15, 0.2) is 60.7 Å². The summed E-state index contributed by atoms with van der Waals surface area (Å²) in [5.41, 5.74) is 0.000752. The van der Waals surface area contributed by atoms with Crippen LogP contribution >= 0.6 is 0 Å². The summed E-state index contributed by atoms with van der Waals surface area (Å²) in [5.74, 6) is -0.418. The Morgan fingerprint density at radius 1 is 1.03 bits per heavy atom. The third-order valence-corrected chi connectivity index (χ3v) is 6.56. The van der Waals surface area contributed by atoms with Gasteiger partial charge in [-0.05, 0) is 30.4 Å². The van der Waals surface area contributed by atoms with Gasteiger partial charge in [0.1, 0.15) is 6.23 Å². The molecule has 2 aliphatic rings. The van der Waals surface area contributed by atoms with E-state index in [1.807, 2.05) is 81.4 Å². The fourth-order valence-electron chi connectivity index (χ4n) is 5.28. The third-order valence-electron chi connectivity index (χ3n) is 6.56. The van der Waals surface area contributed by atoms with E-state index in [1.165, 1.54) is 7.11 Å². The molecule has 0 aliphatic carbocycles. The fourth-order valence-corrected chi connectivity index (χ4v) is 5.28. The Balaban J connectivity index is 1.83. The predicted molar refractivity (Wildman–Crippen MR) is 118 cm³/mol. The Kier molecular flexibility index (Phi) is 5.42. The van der Waals surface area contributed by atoms with Crippen LogP contribution in [0.2, 0.25) is 0 Å². The number of rotatable bonds is 5. The van der Waals surface area contributed by atoms with E-state index < -0.39 is 23.2 Å². The van der Waals surface area contributed by atoms with E-state index in [2.05, 4.69) is 0 Å². The molecular formula is C26H31NO4. The fraction of sp³-hybridized carbons (Fsp3) is 0.462. The highest BCUT2D eigenvalue weighted by atomic mass is 16.6. The van der Waals surface area contributed by atoms with Crippen molar-refractivity contribution in [2.45, 2.75) is 51.8 Å². The molecule has 0 spiro atoms. The summed E-state index contributed by atoms with van der Waals surface area (Å²) in [6.07, 6.45) is 1.02. The first-order chi connectivity index (χ1) is 14.7. The summed E-state index contributed by atoms with van der Waals surface area (Å²) >= 11 is 0. The molecule has 31 heavy (non-hydrogen) atoms. The highest BCUT2D eigenvalue weighted by Gasteiger charge is 2.69. The van der Waals surface area contributed by atoms with E-state index in [0.717, 1.165) is 11.1 Å². The maximum absolute atomic E-state index is 14.2. The summed E-state index contributed by atoms with van der Waals surface area (Å²) in [7, 11) is 1.39. The molecular weight excluding hydrogens is 390 g/mol. The molecule has 2 aromatic carbocycles. The Hall–Kier alpha value is -2.66. The minimum Gasteiger partial charge on any atom is -0.467 e. The van der Waals surface area contributed by atoms with Crippen molar-refractivity contribution >= 4 is 11.9 Å². The molecule has 5 heteroatoms. The maximum Gasteiger partial charge on any atom is 0.334 e. The standard InChI is InChI=1S/C26H31NO4/c1-24(2,3)22-27-21(28)25(15-19-11-7-5-8-12-19,16-20-13-9-6-10-14-20)17-26(27,18-31-22)23(29)30-4/h5-14,22H,15-18H2,1-4H3/t22?,26-/m1/s1. The van der Waals surface area contributed by atoms with Crippen LogP contribution in [0.4, 0.5) is 0 Å². The number of hydrogen-bond acceptors (Lipinski definition) is 4. The number of amides is 1. The second-order valence-corrected chi connectivity index (χ2v) is 10.0. The number of carbonyl (C=O) groups excluding carboxylic acids is 2. The van der Waals surface area contributed by atoms with Crippen LogP contribution in [0.3, 0.4) is 0 Å². The van der Waals surface area contributed by atoms with Gasteiger partial charge in [-0.3, -0.25) is 9.69 Å². The van der Waals surface area contributed by atoms with Crippen LogP contribution in [-0.2, 0) is 31.9 Å². The van der Waals surface area contributed by atoms with Crippen molar-refractivity contribution in [2.24, 2.45) is 10.8 Å². The molecule has 164 valence electrons. The summed E-state index contributed by atoms with van der Waals surface area (Å²) < 4.78 is 11.3. The van der Waals surface area contributed by atoms with Crippen molar-refractivity contribution in [3.8, 4) is 0 Å². The molecule has 2 atom stereocenters. The lowest BCUT2D eigenvalue weighted by Crippen LogP contribution is -2.55. The average Bonchev–Trinajstić information content (AvgIpc) is 3.23. The number of ether oxygens (including phenoxy) is 2. The molecule has 2 heterocycles. The third kappa shape index (κ3) is 3.65. The second kappa shape index (κ2) is 7.79. The van der Waals surface area contributed by atoms with E-state index in [1.54, 1.807) is 4.90 Å². The summed E-state index contributed by atoms with van der Waals surface area (Å²) in [6.45, 7) is 6.27. The molecule has 2 aliphatic heterocycles. The Morgan fingerprint density at radius 3 is 2.00 bits per heavy atom. The number of benzene rings is 2. The van der Waals surface area contributed by atoms with Crippen molar-refractivity contribution in [3.63, 3.8) is 0 Å². The molecule has 2 fully saturated rings. The molecule has 1 unspecified atom stereocenters. The van der Waals surface area contributed by atoms with E-state index in [-0.39, 0.29) is 17.9 Å². The zero-order valence-corrected chi connectivity index (χ0v) is 18.8. The van der Waals surface area contributed by atoms with E-state index in [0.29, 0.717) is 19.3 Å². The van der Waals surface area contributed by atoms with Crippen LogP contribution in [-0.4, -0.2) is 42.3 Å². The van der Waals surface area contributed by atoms with Crippen molar-refractivity contribution in [1.82, 2.24) is 4.90 Å². The van der Waals surface area contributed by atoms with Crippen LogP contribution in [0.25, 0.3) is 0 Å². The number of nitrogens with zero attached hydrogens (tertiary/aromatic N) is 1. The molecule has 0 radical (unpaired) electrons. The van der Waals surface area contributed by atoms with Gasteiger partial charge in [-0.1, -0.05) is 81.4 Å². The van der Waals surface area contributed by atoms with Crippen molar-refractivity contribution < 1.29 is 19.1 Å². The molecule has 0 saturated carbocycles. The number of methoxy groups -OCH3 is 1. The summed E-state index contributed by atoms with van der Waals surface area (Å²) in [5, 5.41) is 0. The Bertz CT molecular complexity index is 909. The minimum atomic E-state index is -1.09. The topological polar surface area (TPSA) is 55.8 Å². The van der Waals surface area contributed by atoms with Gasteiger partial charge in [0, 0.05) is 5.41 Å². The molecule has 4 rings (SSSR count). The van der Waals surface area contributed by atoms with Gasteiger partial charge in [0.25, 0.3) is 0 Å². The van der Waals surface area contributed by atoms with Crippen molar-refractivity contribution in [2.75, 3.05) is 13.7 Å². The van der Waals surface area contributed by atoms with Gasteiger partial charge in [-0.2, -0.15) is 0 Å². The van der Waals surface area contributed by atoms with E-state index in [4.69, 9.17) is 9.47 Å². The molecule has 2 aromatic rings. The smallest absolute Gasteiger partial charge is 0.334 e. The van der Waals surface area contributed by atoms with Gasteiger partial charge in [0.15, 0.2) is 5.54 Å². The summed E-state index contributed by atoms with van der Waals surface area (Å²) in [4.78, 5) is 29.1. The normalized spacial score (nSPS) is 24.8. The number of fused-ring (bicyclic) bond motifs is 1. The molecule has 0 aromatic heterocycles. The van der Waals surface area contributed by atoms with Gasteiger partial charge < -0.3 is 9.47 Å². The largest absolute Gasteiger partial charge is 0.467 e. The summed E-state index contributed by atoms with van der Waals surface area (Å²) in [6, 6.07) is 20.1. The first-order valence-corrected chi connectivity index (χ1v) is 10.8. The van der Waals surface area contributed by atoms with E-state index in [9.17, 15) is 9.59 Å². The lowest BCUT2D eigenvalue weighted by Gasteiger charge is -2.37. The molecule has 1 amide bonds. The SMILES string of the molecule is COC(=O)[C@@]12COC(C(C)(C)C)N1C(=O)C(Cc1ccccc1)(Cc1ccccc1)C2. The zero-order chi connectivity index (χ0) is 22.3. The molecule has 0 N–H and O–H groups in total. The van der Waals surface area contributed by atoms with Gasteiger partial charge in [-0.15, -0.1) is 0 Å². The maximum atomic E-state index is 14.2. The highest BCUT2D eigenvalue weighted by Crippen LogP contribution is 2.53. The monoisotopic (exact) mass is 421 g/mol. The Labute approximate surface area is 184 Å². The lowest BCUT2D eigenvalue weighted by atomic mass is 9.72. The Morgan fingerprint density at radius 2 is 1.55 bits per heavy atom. The van der Waals surface area contributed by atoms with Crippen LogP contribution in [0.1, 0.15) is 38.3 Å². The first kappa shape index (κ1) is 21.6.